The van der Waals surface area contributed by atoms with Gasteiger partial charge in [-0.1, -0.05) is 6.42 Å². The first-order valence-corrected chi connectivity index (χ1v) is 10.2. The fourth-order valence-electron chi connectivity index (χ4n) is 5.54. The molecule has 5 heteroatoms. The molecule has 6 atom stereocenters. The summed E-state index contributed by atoms with van der Waals surface area (Å²) >= 11 is 0. The predicted octanol–water partition coefficient (Wildman–Crippen LogP) is 2.89. The molecule has 6 unspecified atom stereocenters. The van der Waals surface area contributed by atoms with Crippen LogP contribution in [0.3, 0.4) is 0 Å². The molecule has 25 heavy (non-hydrogen) atoms. The Kier molecular flexibility index (Phi) is 6.03. The van der Waals surface area contributed by atoms with Gasteiger partial charge in [-0.2, -0.15) is 0 Å². The van der Waals surface area contributed by atoms with Crippen LogP contribution in [0, 0.1) is 23.7 Å². The highest BCUT2D eigenvalue weighted by molar-refractivity contribution is 5.81. The minimum atomic E-state index is -0.720. The fourth-order valence-corrected chi connectivity index (χ4v) is 5.54. The zero-order valence-electron chi connectivity index (χ0n) is 15.7. The topological polar surface area (TPSA) is 69.6 Å². The van der Waals surface area contributed by atoms with Gasteiger partial charge in [0.15, 0.2) is 0 Å². The van der Waals surface area contributed by atoms with Crippen molar-refractivity contribution in [1.29, 1.82) is 0 Å². The van der Waals surface area contributed by atoms with Gasteiger partial charge in [0.25, 0.3) is 0 Å². The second kappa shape index (κ2) is 8.07. The molecule has 3 fully saturated rings. The maximum atomic E-state index is 12.7. The molecule has 0 radical (unpaired) electrons. The Bertz CT molecular complexity index is 495. The minimum absolute atomic E-state index is 0.117. The van der Waals surface area contributed by atoms with Gasteiger partial charge in [-0.05, 0) is 82.6 Å². The summed E-state index contributed by atoms with van der Waals surface area (Å²) in [5.41, 5.74) is 0. The standard InChI is InChI=1S/C20H34N2O3/c1-13(18-11-16-5-7-17(18)10-16)21-20(25)14(2)22-9-3-4-15(12-22)6-8-19(23)24/h13-18H,3-12H2,1-2H3,(H,21,25)(H,23,24). The van der Waals surface area contributed by atoms with E-state index in [0.29, 0.717) is 11.8 Å². The average Bonchev–Trinajstić information content (AvgIpc) is 3.22. The molecular weight excluding hydrogens is 316 g/mol. The first kappa shape index (κ1) is 18.7. The molecule has 1 aliphatic heterocycles. The molecule has 2 saturated carbocycles. The second-order valence-corrected chi connectivity index (χ2v) is 8.75. The molecule has 3 rings (SSSR count). The number of likely N-dealkylation sites (tertiary alicyclic amines) is 1. The van der Waals surface area contributed by atoms with Crippen molar-refractivity contribution >= 4 is 11.9 Å². The molecule has 3 aliphatic rings. The number of nitrogens with zero attached hydrogens (tertiary/aromatic N) is 1. The maximum Gasteiger partial charge on any atom is 0.303 e. The van der Waals surface area contributed by atoms with E-state index in [9.17, 15) is 9.59 Å². The Balaban J connectivity index is 1.47. The number of rotatable bonds is 7. The van der Waals surface area contributed by atoms with E-state index in [4.69, 9.17) is 5.11 Å². The third-order valence-electron chi connectivity index (χ3n) is 7.05. The molecule has 1 amide bonds. The Morgan fingerprint density at radius 1 is 1.20 bits per heavy atom. The lowest BCUT2D eigenvalue weighted by Gasteiger charge is -2.37. The van der Waals surface area contributed by atoms with Crippen LogP contribution < -0.4 is 5.32 Å². The highest BCUT2D eigenvalue weighted by atomic mass is 16.4. The van der Waals surface area contributed by atoms with E-state index < -0.39 is 5.97 Å². The summed E-state index contributed by atoms with van der Waals surface area (Å²) < 4.78 is 0. The van der Waals surface area contributed by atoms with Gasteiger partial charge >= 0.3 is 5.97 Å². The smallest absolute Gasteiger partial charge is 0.303 e. The zero-order valence-corrected chi connectivity index (χ0v) is 15.7. The van der Waals surface area contributed by atoms with E-state index in [-0.39, 0.29) is 24.4 Å². The lowest BCUT2D eigenvalue weighted by atomic mass is 9.84. The molecule has 2 aliphatic carbocycles. The summed E-state index contributed by atoms with van der Waals surface area (Å²) in [5.74, 6) is 2.23. The fraction of sp³-hybridized carbons (Fsp3) is 0.900. The first-order chi connectivity index (χ1) is 11.9. The summed E-state index contributed by atoms with van der Waals surface area (Å²) in [7, 11) is 0. The number of carboxylic acids is 1. The van der Waals surface area contributed by atoms with Gasteiger partial charge in [0, 0.05) is 19.0 Å². The molecule has 0 aromatic rings. The van der Waals surface area contributed by atoms with E-state index in [0.717, 1.165) is 44.2 Å². The molecular formula is C20H34N2O3. The lowest BCUT2D eigenvalue weighted by molar-refractivity contribution is -0.137. The van der Waals surface area contributed by atoms with Crippen LogP contribution in [0.5, 0.6) is 0 Å². The van der Waals surface area contributed by atoms with Gasteiger partial charge in [0.1, 0.15) is 0 Å². The van der Waals surface area contributed by atoms with Gasteiger partial charge in [-0.3, -0.25) is 14.5 Å². The highest BCUT2D eigenvalue weighted by Crippen LogP contribution is 2.49. The predicted molar refractivity (Wildman–Crippen MR) is 97.2 cm³/mol. The van der Waals surface area contributed by atoms with E-state index >= 15 is 0 Å². The van der Waals surface area contributed by atoms with Crippen molar-refractivity contribution in [2.45, 2.75) is 77.3 Å². The Morgan fingerprint density at radius 3 is 2.64 bits per heavy atom. The molecule has 2 N–H and O–H groups in total. The monoisotopic (exact) mass is 350 g/mol. The van der Waals surface area contributed by atoms with Gasteiger partial charge in [0.2, 0.25) is 5.91 Å². The Labute approximate surface area is 151 Å². The van der Waals surface area contributed by atoms with Crippen molar-refractivity contribution in [1.82, 2.24) is 10.2 Å². The van der Waals surface area contributed by atoms with Crippen molar-refractivity contribution in [3.8, 4) is 0 Å². The SMILES string of the molecule is CC(NC(=O)C(C)N1CCCC(CCC(=O)O)C1)C1CC2CCC1C2. The molecule has 5 nitrogen and oxygen atoms in total. The number of fused-ring (bicyclic) bond motifs is 2. The number of amides is 1. The number of nitrogens with one attached hydrogen (secondary N) is 1. The molecule has 1 saturated heterocycles. The second-order valence-electron chi connectivity index (χ2n) is 8.75. The Hall–Kier alpha value is -1.10. The minimum Gasteiger partial charge on any atom is -0.481 e. The van der Waals surface area contributed by atoms with Crippen LogP contribution in [0.15, 0.2) is 0 Å². The van der Waals surface area contributed by atoms with Crippen LogP contribution in [0.4, 0.5) is 0 Å². The van der Waals surface area contributed by atoms with Gasteiger partial charge < -0.3 is 10.4 Å². The Morgan fingerprint density at radius 2 is 2.00 bits per heavy atom. The molecule has 0 aromatic carbocycles. The molecule has 2 bridgehead atoms. The number of piperidine rings is 1. The van der Waals surface area contributed by atoms with Crippen molar-refractivity contribution in [2.24, 2.45) is 23.7 Å². The van der Waals surface area contributed by atoms with Crippen LogP contribution in [0.25, 0.3) is 0 Å². The highest BCUT2D eigenvalue weighted by Gasteiger charge is 2.42. The van der Waals surface area contributed by atoms with Crippen molar-refractivity contribution < 1.29 is 14.7 Å². The van der Waals surface area contributed by atoms with Crippen LogP contribution >= 0.6 is 0 Å². The van der Waals surface area contributed by atoms with Crippen LogP contribution in [0.1, 0.15) is 65.2 Å². The van der Waals surface area contributed by atoms with E-state index in [1.165, 1.54) is 25.7 Å². The third-order valence-corrected chi connectivity index (χ3v) is 7.05. The van der Waals surface area contributed by atoms with Crippen LogP contribution in [-0.4, -0.2) is 47.1 Å². The number of carbonyl (C=O) groups is 2. The summed E-state index contributed by atoms with van der Waals surface area (Å²) in [6, 6.07) is 0.159. The van der Waals surface area contributed by atoms with E-state index in [2.05, 4.69) is 17.1 Å². The van der Waals surface area contributed by atoms with Gasteiger partial charge in [-0.15, -0.1) is 0 Å². The molecule has 0 spiro atoms. The van der Waals surface area contributed by atoms with Gasteiger partial charge in [-0.25, -0.2) is 0 Å². The normalized spacial score (nSPS) is 34.6. The van der Waals surface area contributed by atoms with Crippen molar-refractivity contribution in [3.05, 3.63) is 0 Å². The molecule has 0 aromatic heterocycles. The molecule has 1 heterocycles. The summed E-state index contributed by atoms with van der Waals surface area (Å²) in [5, 5.41) is 12.2. The third kappa shape index (κ3) is 4.55. The summed E-state index contributed by atoms with van der Waals surface area (Å²) in [6.45, 7) is 5.98. The zero-order chi connectivity index (χ0) is 18.0. The van der Waals surface area contributed by atoms with Crippen LogP contribution in [0.2, 0.25) is 0 Å². The summed E-state index contributed by atoms with van der Waals surface area (Å²) in [4.78, 5) is 25.8. The first-order valence-electron chi connectivity index (χ1n) is 10.2. The van der Waals surface area contributed by atoms with Crippen molar-refractivity contribution in [3.63, 3.8) is 0 Å². The quantitative estimate of drug-likeness (QED) is 0.741. The number of carbonyl (C=O) groups excluding carboxylic acids is 1. The van der Waals surface area contributed by atoms with Crippen LogP contribution in [-0.2, 0) is 9.59 Å². The number of aliphatic carboxylic acids is 1. The number of hydrogen-bond acceptors (Lipinski definition) is 3. The van der Waals surface area contributed by atoms with E-state index in [1.807, 2.05) is 6.92 Å². The number of carboxylic acid groups (broad SMARTS) is 1. The molecule has 142 valence electrons. The maximum absolute atomic E-state index is 12.7. The van der Waals surface area contributed by atoms with E-state index in [1.54, 1.807) is 0 Å². The van der Waals surface area contributed by atoms with Gasteiger partial charge in [0.05, 0.1) is 6.04 Å². The largest absolute Gasteiger partial charge is 0.481 e. The van der Waals surface area contributed by atoms with Crippen molar-refractivity contribution in [2.75, 3.05) is 13.1 Å². The average molecular weight is 351 g/mol. The number of hydrogen-bond donors (Lipinski definition) is 2. The lowest BCUT2D eigenvalue weighted by Crippen LogP contribution is -2.52. The summed E-state index contributed by atoms with van der Waals surface area (Å²) in [6.07, 6.45) is 8.51.